The summed E-state index contributed by atoms with van der Waals surface area (Å²) in [5.41, 5.74) is 31.8. The number of fused-ring (bicyclic) bond motifs is 1. The minimum atomic E-state index is -1.82. The van der Waals surface area contributed by atoms with E-state index < -0.39 is 187 Å². The predicted molar refractivity (Wildman–Crippen MR) is 445 cm³/mol. The molecule has 5 aromatic rings. The molecule has 0 radical (unpaired) electrons. The minimum absolute atomic E-state index is 0.00875. The Hall–Kier alpha value is -11.9. The third-order valence-corrected chi connectivity index (χ3v) is 19.7. The first-order chi connectivity index (χ1) is 56.1. The lowest BCUT2D eigenvalue weighted by molar-refractivity contribution is -0.136. The van der Waals surface area contributed by atoms with Gasteiger partial charge >= 0.3 is 0 Å². The summed E-state index contributed by atoms with van der Waals surface area (Å²) in [6.07, 6.45) is 1.70. The molecule has 118 heavy (non-hydrogen) atoms. The lowest BCUT2D eigenvalue weighted by atomic mass is 9.96. The van der Waals surface area contributed by atoms with Crippen LogP contribution in [0.4, 0.5) is 0 Å². The van der Waals surface area contributed by atoms with Crippen molar-refractivity contribution >= 4 is 99.6 Å². The highest BCUT2D eigenvalue weighted by Gasteiger charge is 2.38. The molecule has 644 valence electrons. The maximum Gasteiger partial charge on any atom is 0.245 e. The topological polar surface area (TPSA) is 585 Å². The van der Waals surface area contributed by atoms with Crippen molar-refractivity contribution in [3.63, 3.8) is 0 Å². The molecule has 0 spiro atoms. The molecule has 1 heterocycles. The highest BCUT2D eigenvalue weighted by Crippen LogP contribution is 2.21. The van der Waals surface area contributed by atoms with Crippen LogP contribution in [0.15, 0.2) is 121 Å². The smallest absolute Gasteiger partial charge is 0.245 e. The summed E-state index contributed by atoms with van der Waals surface area (Å²) in [5.74, 6) is -13.5. The maximum absolute atomic E-state index is 15.1. The van der Waals surface area contributed by atoms with Gasteiger partial charge in [-0.25, -0.2) is 0 Å². The van der Waals surface area contributed by atoms with Gasteiger partial charge in [-0.15, -0.1) is 0 Å². The van der Waals surface area contributed by atoms with Crippen molar-refractivity contribution < 1.29 is 72.2 Å². The fourth-order valence-electron chi connectivity index (χ4n) is 13.0. The zero-order valence-electron chi connectivity index (χ0n) is 68.6. The van der Waals surface area contributed by atoms with Gasteiger partial charge in [0, 0.05) is 55.7 Å². The van der Waals surface area contributed by atoms with Gasteiger partial charge in [0.1, 0.15) is 66.5 Å². The lowest BCUT2D eigenvalue weighted by Gasteiger charge is -2.29. The second-order valence-corrected chi connectivity index (χ2v) is 30.8. The van der Waals surface area contributed by atoms with Crippen molar-refractivity contribution in [1.29, 1.82) is 5.41 Å². The Balaban J connectivity index is 1.39. The minimum Gasteiger partial charge on any atom is -0.394 e. The van der Waals surface area contributed by atoms with Crippen LogP contribution in [0.25, 0.3) is 10.9 Å². The SMILES string of the molecule is CC[C@H](C)[C@@H](NC(=O)[C@H](N)CC(C)C)C(=O)N[C@H](CCCNC(=N)N)C(=O)NCC(=O)N[C@H](CC(C)C)C(=O)N[C@H](Cc1ccccc1)C(=O)N[C@H](CCCCN)C(=O)N[C@H](CO)C(=O)N[C@H](Cc1ccccc1)C(=O)N[C@H](Cc1c[nH]c2ccccc12)C(=O)N[C@H](CCC(N)=O)C(=O)N[C@@H](C(=O)N[C@H](Cc1ccccc1)C(N)=O)C(C)C. The highest BCUT2D eigenvalue weighted by atomic mass is 16.3. The summed E-state index contributed by atoms with van der Waals surface area (Å²) in [6, 6.07) is 16.1. The number of benzene rings is 4. The van der Waals surface area contributed by atoms with Crippen molar-refractivity contribution in [1.82, 2.24) is 74.1 Å². The monoisotopic (exact) mass is 1640 g/mol. The van der Waals surface area contributed by atoms with E-state index in [0.717, 1.165) is 0 Å². The molecular weight excluding hydrogens is 1520 g/mol. The number of aliphatic hydroxyl groups excluding tert-OH is 1. The second kappa shape index (κ2) is 49.9. The first kappa shape index (κ1) is 96.7. The Morgan fingerprint density at radius 1 is 0.432 bits per heavy atom. The predicted octanol–water partition coefficient (Wildman–Crippen LogP) is -0.856. The van der Waals surface area contributed by atoms with Crippen LogP contribution in [-0.2, 0) is 92.8 Å². The van der Waals surface area contributed by atoms with Crippen molar-refractivity contribution in [2.75, 3.05) is 26.2 Å². The molecule has 1 aromatic heterocycles. The number of nitrogens with one attached hydrogen (secondary N) is 15. The van der Waals surface area contributed by atoms with Gasteiger partial charge < -0.3 is 108 Å². The van der Waals surface area contributed by atoms with E-state index in [1.807, 2.05) is 20.8 Å². The van der Waals surface area contributed by atoms with Crippen LogP contribution in [0.1, 0.15) is 142 Å². The number of primary amides is 2. The second-order valence-electron chi connectivity index (χ2n) is 30.8. The van der Waals surface area contributed by atoms with Crippen LogP contribution in [0.2, 0.25) is 0 Å². The van der Waals surface area contributed by atoms with Gasteiger partial charge in [-0.1, -0.05) is 171 Å². The largest absolute Gasteiger partial charge is 0.394 e. The third kappa shape index (κ3) is 33.4. The van der Waals surface area contributed by atoms with E-state index in [2.05, 4.69) is 74.1 Å². The number of amides is 14. The van der Waals surface area contributed by atoms with Crippen molar-refractivity contribution in [3.8, 4) is 0 Å². The fraction of sp³-hybridized carbons (Fsp3) is 0.506. The van der Waals surface area contributed by atoms with E-state index in [0.29, 0.717) is 52.4 Å². The number of nitrogens with two attached hydrogens (primary N) is 5. The first-order valence-electron chi connectivity index (χ1n) is 40.1. The number of hydrogen-bond donors (Lipinski definition) is 21. The Morgan fingerprint density at radius 3 is 1.36 bits per heavy atom. The Bertz CT molecular complexity index is 4150. The number of aromatic nitrogens is 1. The molecule has 0 aliphatic rings. The number of para-hydroxylation sites is 1. The number of carbonyl (C=O) groups excluding carboxylic acids is 14. The standard InChI is InChI=1S/C83H122N20O15/c1-9-50(8)70(103-72(108)56(85)38-47(2)3)82(118)96-58(33-23-37-90-83(88)89)73(109)92-45-68(106)93-62(39-48(4)5)76(112)98-63(41-52-26-15-11-16-27-52)77(113)94-59(32-21-22-36-84)74(110)101-66(46-104)80(116)99-64(42-53-28-17-12-18-29-53)78(114)100-65(43-54-44-91-57-31-20-19-30-55(54)57)79(115)95-60(34-35-67(86)105)75(111)102-69(49(6)7)81(117)97-61(71(87)107)40-51-24-13-10-14-25-51/h10-20,24-31,44,47-50,56,58-66,69-70,91,104H,9,21-23,32-43,45-46,84-85H2,1-8H3,(H2,86,105)(H2,87,107)(H,92,109)(H,93,106)(H,94,113)(H,95,115)(H,96,118)(H,97,117)(H,98,112)(H,99,116)(H,100,114)(H,101,110)(H,102,111)(H,103,108)(H4,88,89,90)/t50-,56+,58+,59+,60+,61+,62+,63+,64+,65+,66+,69+,70+/m0/s1. The summed E-state index contributed by atoms with van der Waals surface area (Å²) in [6.45, 7) is 12.7. The maximum atomic E-state index is 15.1. The highest BCUT2D eigenvalue weighted by molar-refractivity contribution is 6.00. The third-order valence-electron chi connectivity index (χ3n) is 19.7. The van der Waals surface area contributed by atoms with Crippen molar-refractivity contribution in [3.05, 3.63) is 144 Å². The molecule has 0 unspecified atom stereocenters. The zero-order valence-corrected chi connectivity index (χ0v) is 68.6. The number of aliphatic hydroxyl groups is 1. The van der Waals surface area contributed by atoms with Gasteiger partial charge in [-0.3, -0.25) is 72.5 Å². The first-order valence-corrected chi connectivity index (χ1v) is 40.1. The van der Waals surface area contributed by atoms with E-state index in [4.69, 9.17) is 34.1 Å². The van der Waals surface area contributed by atoms with Crippen LogP contribution < -0.4 is 97.8 Å². The molecule has 0 bridgehead atoms. The lowest BCUT2D eigenvalue weighted by Crippen LogP contribution is -2.62. The van der Waals surface area contributed by atoms with Crippen molar-refractivity contribution in [2.45, 2.75) is 218 Å². The van der Waals surface area contributed by atoms with Gasteiger partial charge in [0.25, 0.3) is 0 Å². The molecule has 0 aliphatic heterocycles. The summed E-state index contributed by atoms with van der Waals surface area (Å²) >= 11 is 0. The average molecular weight is 1640 g/mol. The van der Waals surface area contributed by atoms with Gasteiger partial charge in [0.2, 0.25) is 82.7 Å². The quantitative estimate of drug-likeness (QED) is 0.0128. The molecule has 14 amide bonds. The normalized spacial score (nSPS) is 14.6. The molecule has 4 aromatic carbocycles. The van der Waals surface area contributed by atoms with Crippen molar-refractivity contribution in [2.24, 2.45) is 52.3 Å². The molecule has 13 atom stereocenters. The molecule has 0 aliphatic carbocycles. The Morgan fingerprint density at radius 2 is 0.856 bits per heavy atom. The van der Waals surface area contributed by atoms with E-state index >= 15 is 9.59 Å². The van der Waals surface area contributed by atoms with E-state index in [1.165, 1.54) is 0 Å². The van der Waals surface area contributed by atoms with E-state index in [9.17, 15) is 62.6 Å². The molecule has 35 heteroatoms. The summed E-state index contributed by atoms with van der Waals surface area (Å²) in [5, 5.41) is 53.7. The van der Waals surface area contributed by atoms with Crippen LogP contribution in [0, 0.1) is 29.1 Å². The molecular formula is C83H122N20O15. The van der Waals surface area contributed by atoms with Crippen LogP contribution >= 0.6 is 0 Å². The number of hydrogen-bond acceptors (Lipinski definition) is 18. The van der Waals surface area contributed by atoms with Gasteiger partial charge in [0.15, 0.2) is 5.96 Å². The Kier molecular flexibility index (Phi) is 40.9. The van der Waals surface area contributed by atoms with Crippen LogP contribution in [-0.4, -0.2) is 197 Å². The zero-order chi connectivity index (χ0) is 87.1. The van der Waals surface area contributed by atoms with Gasteiger partial charge in [-0.05, 0) is 110 Å². The van der Waals surface area contributed by atoms with E-state index in [-0.39, 0.29) is 95.1 Å². The summed E-state index contributed by atoms with van der Waals surface area (Å²) in [4.78, 5) is 201. The van der Waals surface area contributed by atoms with Gasteiger partial charge in [0.05, 0.1) is 19.2 Å². The molecule has 26 N–H and O–H groups in total. The molecule has 0 saturated carbocycles. The molecule has 0 fully saturated rings. The number of carbonyl (C=O) groups is 14. The van der Waals surface area contributed by atoms with Gasteiger partial charge in [-0.2, -0.15) is 0 Å². The number of unbranched alkanes of at least 4 members (excludes halogenated alkanes) is 1. The van der Waals surface area contributed by atoms with E-state index in [1.54, 1.807) is 156 Å². The number of guanidine groups is 1. The molecule has 0 saturated heterocycles. The average Bonchev–Trinajstić information content (AvgIpc) is 1.58. The Labute approximate surface area is 688 Å². The van der Waals surface area contributed by atoms with Crippen LogP contribution in [0.5, 0.6) is 0 Å². The fourth-order valence-corrected chi connectivity index (χ4v) is 13.0. The number of rotatable bonds is 52. The van der Waals surface area contributed by atoms with Crippen LogP contribution in [0.3, 0.4) is 0 Å². The number of aromatic amines is 1. The molecule has 5 rings (SSSR count). The molecule has 35 nitrogen and oxygen atoms in total. The number of H-pyrrole nitrogens is 1. The summed E-state index contributed by atoms with van der Waals surface area (Å²) in [7, 11) is 0. The summed E-state index contributed by atoms with van der Waals surface area (Å²) < 4.78 is 0.